The van der Waals surface area contributed by atoms with Crippen molar-refractivity contribution >= 4 is 28.9 Å². The van der Waals surface area contributed by atoms with Crippen LogP contribution in [0.4, 0.5) is 5.69 Å². The molecular weight excluding hydrogens is 256 g/mol. The van der Waals surface area contributed by atoms with E-state index < -0.39 is 0 Å². The number of thiocarbonyl (C=S) groups is 1. The van der Waals surface area contributed by atoms with Gasteiger partial charge in [0.1, 0.15) is 0 Å². The fraction of sp³-hybridized carbons (Fsp3) is 0.0667. The lowest BCUT2D eigenvalue weighted by molar-refractivity contribution is -0.119. The largest absolute Gasteiger partial charge is 0.332 e. The Kier molecular flexibility index (Phi) is 4.64. The zero-order valence-electron chi connectivity index (χ0n) is 10.3. The van der Waals surface area contributed by atoms with Gasteiger partial charge in [-0.05, 0) is 29.9 Å². The van der Waals surface area contributed by atoms with E-state index in [2.05, 4.69) is 10.6 Å². The van der Waals surface area contributed by atoms with Crippen molar-refractivity contribution in [1.29, 1.82) is 0 Å². The summed E-state index contributed by atoms with van der Waals surface area (Å²) in [6, 6.07) is 19.0. The molecular formula is C15H14N2OS. The molecule has 0 aliphatic carbocycles. The summed E-state index contributed by atoms with van der Waals surface area (Å²) in [6.07, 6.45) is 0.317. The van der Waals surface area contributed by atoms with Crippen LogP contribution in [0.1, 0.15) is 5.56 Å². The van der Waals surface area contributed by atoms with Gasteiger partial charge in [0.2, 0.25) is 5.91 Å². The van der Waals surface area contributed by atoms with Gasteiger partial charge in [-0.1, -0.05) is 48.5 Å². The first kappa shape index (κ1) is 13.2. The van der Waals surface area contributed by atoms with Crippen molar-refractivity contribution in [3.8, 4) is 0 Å². The topological polar surface area (TPSA) is 41.1 Å². The van der Waals surface area contributed by atoms with Crippen molar-refractivity contribution in [3.05, 3.63) is 66.2 Å². The van der Waals surface area contributed by atoms with Gasteiger partial charge in [0.05, 0.1) is 6.42 Å². The van der Waals surface area contributed by atoms with Crippen molar-refractivity contribution in [2.75, 3.05) is 5.32 Å². The predicted octanol–water partition coefficient (Wildman–Crippen LogP) is 2.74. The molecule has 96 valence electrons. The van der Waals surface area contributed by atoms with Crippen LogP contribution >= 0.6 is 12.2 Å². The Bertz CT molecular complexity index is 503. The van der Waals surface area contributed by atoms with E-state index in [1.165, 1.54) is 0 Å². The molecule has 0 aliphatic heterocycles. The van der Waals surface area contributed by atoms with Gasteiger partial charge in [-0.3, -0.25) is 4.79 Å². The fourth-order valence-corrected chi connectivity index (χ4v) is 1.87. The van der Waals surface area contributed by atoms with Gasteiger partial charge in [0.25, 0.3) is 0 Å². The molecule has 0 bridgehead atoms. The number of hydrogen-bond acceptors (Lipinski definition) is 2. The molecule has 0 aliphatic rings. The molecule has 0 atom stereocenters. The monoisotopic (exact) mass is 270 g/mol. The minimum absolute atomic E-state index is 0.125. The molecule has 4 heteroatoms. The molecule has 0 aromatic heterocycles. The van der Waals surface area contributed by atoms with Gasteiger partial charge >= 0.3 is 0 Å². The number of para-hydroxylation sites is 1. The van der Waals surface area contributed by atoms with Crippen molar-refractivity contribution in [1.82, 2.24) is 5.32 Å². The molecule has 0 radical (unpaired) electrons. The van der Waals surface area contributed by atoms with Gasteiger partial charge in [0.15, 0.2) is 5.11 Å². The Hall–Kier alpha value is -2.20. The average Bonchev–Trinajstić information content (AvgIpc) is 2.40. The number of nitrogens with one attached hydrogen (secondary N) is 2. The van der Waals surface area contributed by atoms with Crippen molar-refractivity contribution < 1.29 is 4.79 Å². The van der Waals surface area contributed by atoms with Crippen molar-refractivity contribution in [2.24, 2.45) is 0 Å². The zero-order chi connectivity index (χ0) is 13.5. The molecule has 0 unspecified atom stereocenters. The molecule has 2 aromatic rings. The Labute approximate surface area is 117 Å². The van der Waals surface area contributed by atoms with E-state index in [1.807, 2.05) is 60.7 Å². The standard InChI is InChI=1S/C15H14N2OS/c18-14(11-12-7-3-1-4-8-12)17-15(19)16-13-9-5-2-6-10-13/h1-10H,11H2,(H2,16,17,18,19). The molecule has 19 heavy (non-hydrogen) atoms. The van der Waals surface area contributed by atoms with Crippen molar-refractivity contribution in [3.63, 3.8) is 0 Å². The normalized spacial score (nSPS) is 9.68. The van der Waals surface area contributed by atoms with E-state index in [4.69, 9.17) is 12.2 Å². The lowest BCUT2D eigenvalue weighted by Crippen LogP contribution is -2.35. The maximum absolute atomic E-state index is 11.8. The Balaban J connectivity index is 1.84. The zero-order valence-corrected chi connectivity index (χ0v) is 11.1. The van der Waals surface area contributed by atoms with Crippen LogP contribution in [0.25, 0.3) is 0 Å². The van der Waals surface area contributed by atoms with E-state index in [0.717, 1.165) is 11.3 Å². The SMILES string of the molecule is O=C(Cc1ccccc1)NC(=S)Nc1ccccc1. The second-order valence-electron chi connectivity index (χ2n) is 4.03. The molecule has 0 saturated heterocycles. The number of anilines is 1. The van der Waals surface area contributed by atoms with E-state index >= 15 is 0 Å². The maximum Gasteiger partial charge on any atom is 0.230 e. The molecule has 0 heterocycles. The van der Waals surface area contributed by atoms with Gasteiger partial charge in [-0.2, -0.15) is 0 Å². The lowest BCUT2D eigenvalue weighted by Gasteiger charge is -2.09. The molecule has 0 fully saturated rings. The molecule has 3 nitrogen and oxygen atoms in total. The average molecular weight is 270 g/mol. The number of hydrogen-bond donors (Lipinski definition) is 2. The van der Waals surface area contributed by atoms with Crippen LogP contribution in [-0.4, -0.2) is 11.0 Å². The van der Waals surface area contributed by atoms with E-state index in [9.17, 15) is 4.79 Å². The van der Waals surface area contributed by atoms with Crippen LogP contribution in [0.3, 0.4) is 0 Å². The van der Waals surface area contributed by atoms with Crippen LogP contribution in [0.15, 0.2) is 60.7 Å². The number of rotatable bonds is 3. The predicted molar refractivity (Wildman–Crippen MR) is 81.0 cm³/mol. The highest BCUT2D eigenvalue weighted by Gasteiger charge is 2.05. The summed E-state index contributed by atoms with van der Waals surface area (Å²) in [5, 5.41) is 5.93. The number of benzene rings is 2. The summed E-state index contributed by atoms with van der Waals surface area (Å²) >= 11 is 5.09. The van der Waals surface area contributed by atoms with Crippen LogP contribution in [0.5, 0.6) is 0 Å². The Morgan fingerprint density at radius 2 is 1.53 bits per heavy atom. The second kappa shape index (κ2) is 6.66. The number of amides is 1. The fourth-order valence-electron chi connectivity index (χ4n) is 1.64. The lowest BCUT2D eigenvalue weighted by atomic mass is 10.1. The highest BCUT2D eigenvalue weighted by molar-refractivity contribution is 7.80. The van der Waals surface area contributed by atoms with Gasteiger partial charge in [-0.15, -0.1) is 0 Å². The molecule has 2 aromatic carbocycles. The van der Waals surface area contributed by atoms with E-state index in [-0.39, 0.29) is 5.91 Å². The molecule has 0 spiro atoms. The van der Waals surface area contributed by atoms with Gasteiger partial charge in [0, 0.05) is 5.69 Å². The van der Waals surface area contributed by atoms with E-state index in [1.54, 1.807) is 0 Å². The highest BCUT2D eigenvalue weighted by Crippen LogP contribution is 2.04. The quantitative estimate of drug-likeness (QED) is 0.843. The van der Waals surface area contributed by atoms with Crippen LogP contribution in [0.2, 0.25) is 0 Å². The second-order valence-corrected chi connectivity index (χ2v) is 4.44. The van der Waals surface area contributed by atoms with Crippen LogP contribution in [-0.2, 0) is 11.2 Å². The Morgan fingerprint density at radius 3 is 2.16 bits per heavy atom. The minimum Gasteiger partial charge on any atom is -0.332 e. The summed E-state index contributed by atoms with van der Waals surface area (Å²) in [5.74, 6) is -0.125. The van der Waals surface area contributed by atoms with Crippen LogP contribution < -0.4 is 10.6 Å². The third-order valence-corrected chi connectivity index (χ3v) is 2.70. The first-order chi connectivity index (χ1) is 9.24. The third-order valence-electron chi connectivity index (χ3n) is 2.49. The Morgan fingerprint density at radius 1 is 0.947 bits per heavy atom. The number of carbonyl (C=O) groups excluding carboxylic acids is 1. The van der Waals surface area contributed by atoms with Gasteiger partial charge < -0.3 is 10.6 Å². The number of carbonyl (C=O) groups is 1. The van der Waals surface area contributed by atoms with Crippen LogP contribution in [0, 0.1) is 0 Å². The third kappa shape index (κ3) is 4.52. The first-order valence-electron chi connectivity index (χ1n) is 5.94. The molecule has 2 N–H and O–H groups in total. The maximum atomic E-state index is 11.8. The minimum atomic E-state index is -0.125. The summed E-state index contributed by atoms with van der Waals surface area (Å²) < 4.78 is 0. The summed E-state index contributed by atoms with van der Waals surface area (Å²) in [5.41, 5.74) is 1.81. The molecule has 2 rings (SSSR count). The summed E-state index contributed by atoms with van der Waals surface area (Å²) in [4.78, 5) is 11.8. The first-order valence-corrected chi connectivity index (χ1v) is 6.34. The molecule has 0 saturated carbocycles. The summed E-state index contributed by atoms with van der Waals surface area (Å²) in [6.45, 7) is 0. The highest BCUT2D eigenvalue weighted by atomic mass is 32.1. The van der Waals surface area contributed by atoms with Gasteiger partial charge in [-0.25, -0.2) is 0 Å². The smallest absolute Gasteiger partial charge is 0.230 e. The van der Waals surface area contributed by atoms with Crippen molar-refractivity contribution in [2.45, 2.75) is 6.42 Å². The molecule has 1 amide bonds. The summed E-state index contributed by atoms with van der Waals surface area (Å²) in [7, 11) is 0. The van der Waals surface area contributed by atoms with E-state index in [0.29, 0.717) is 11.5 Å².